The molecule has 1 aliphatic carbocycles. The van der Waals surface area contributed by atoms with Gasteiger partial charge in [0.2, 0.25) is 21.8 Å². The van der Waals surface area contributed by atoms with E-state index in [-0.39, 0.29) is 35.2 Å². The van der Waals surface area contributed by atoms with Gasteiger partial charge in [-0.25, -0.2) is 26.0 Å². The fourth-order valence-electron chi connectivity index (χ4n) is 5.75. The summed E-state index contributed by atoms with van der Waals surface area (Å²) >= 11 is 0. The lowest BCUT2D eigenvalue weighted by molar-refractivity contribution is -0.125. The third kappa shape index (κ3) is 7.68. The van der Waals surface area contributed by atoms with E-state index in [1.807, 2.05) is 0 Å². The second kappa shape index (κ2) is 13.6. The van der Waals surface area contributed by atoms with E-state index >= 15 is 4.39 Å². The highest BCUT2D eigenvalue weighted by molar-refractivity contribution is 7.90. The standard InChI is InChI=1S/C31H33F4N5O4S/c1-18(41)38-30(29(19-2-4-21(32)5-3-19)20-12-22(33)14-23(34)13-20)31(42)39-28-17-37-16-27(35)26(28)9-6-24-15-36-10-11-40(24)45(43,44)25-7-8-25/h2-5,12-14,16-17,24-25,29-30,36H,6-11,15H2,1H3,(H,38,41)(H,39,42)/t24-,29?,30?/m0/s1. The van der Waals surface area contributed by atoms with E-state index in [4.69, 9.17) is 0 Å². The maximum atomic E-state index is 15.2. The average molecular weight is 648 g/mol. The normalized spacial score (nSPS) is 18.6. The Labute approximate surface area is 258 Å². The van der Waals surface area contributed by atoms with Crippen LogP contribution >= 0.6 is 0 Å². The summed E-state index contributed by atoms with van der Waals surface area (Å²) in [6.07, 6.45) is 3.74. The number of carbonyl (C=O) groups is 2. The van der Waals surface area contributed by atoms with Crippen LogP contribution in [0.25, 0.3) is 0 Å². The van der Waals surface area contributed by atoms with Crippen molar-refractivity contribution in [2.24, 2.45) is 0 Å². The zero-order valence-electron chi connectivity index (χ0n) is 24.4. The molecule has 0 radical (unpaired) electrons. The lowest BCUT2D eigenvalue weighted by atomic mass is 9.84. The van der Waals surface area contributed by atoms with Gasteiger partial charge >= 0.3 is 0 Å². The van der Waals surface area contributed by atoms with Crippen molar-refractivity contribution in [1.29, 1.82) is 0 Å². The number of aromatic nitrogens is 1. The number of carbonyl (C=O) groups excluding carboxylic acids is 2. The molecule has 1 saturated heterocycles. The van der Waals surface area contributed by atoms with Crippen molar-refractivity contribution in [3.8, 4) is 0 Å². The zero-order chi connectivity index (χ0) is 32.3. The molecule has 2 heterocycles. The largest absolute Gasteiger partial charge is 0.344 e. The molecule has 1 aliphatic heterocycles. The van der Waals surface area contributed by atoms with Crippen molar-refractivity contribution in [2.75, 3.05) is 25.0 Å². The number of hydrogen-bond donors (Lipinski definition) is 3. The number of halogens is 4. The maximum Gasteiger partial charge on any atom is 0.247 e. The molecule has 9 nitrogen and oxygen atoms in total. The fraction of sp³-hybridized carbons (Fsp3) is 0.387. The quantitative estimate of drug-likeness (QED) is 0.274. The van der Waals surface area contributed by atoms with Crippen LogP contribution in [0.15, 0.2) is 54.9 Å². The molecule has 2 amide bonds. The third-order valence-corrected chi connectivity index (χ3v) is 10.5. The van der Waals surface area contributed by atoms with Crippen molar-refractivity contribution in [3.05, 3.63) is 94.8 Å². The molecule has 2 fully saturated rings. The highest BCUT2D eigenvalue weighted by Gasteiger charge is 2.43. The van der Waals surface area contributed by atoms with E-state index in [1.165, 1.54) is 22.6 Å². The summed E-state index contributed by atoms with van der Waals surface area (Å²) in [5, 5.41) is 7.92. The molecule has 3 N–H and O–H groups in total. The Kier molecular flexibility index (Phi) is 9.85. The molecular formula is C31H33F4N5O4S. The Morgan fingerprint density at radius 3 is 2.33 bits per heavy atom. The van der Waals surface area contributed by atoms with Crippen LogP contribution in [0, 0.1) is 23.3 Å². The van der Waals surface area contributed by atoms with E-state index in [0.717, 1.165) is 37.4 Å². The van der Waals surface area contributed by atoms with Gasteiger partial charge in [0.15, 0.2) is 0 Å². The van der Waals surface area contributed by atoms with Crippen molar-refractivity contribution in [2.45, 2.75) is 55.9 Å². The van der Waals surface area contributed by atoms with Crippen LogP contribution in [0.2, 0.25) is 0 Å². The van der Waals surface area contributed by atoms with Crippen LogP contribution < -0.4 is 16.0 Å². The molecular weight excluding hydrogens is 614 g/mol. The monoisotopic (exact) mass is 647 g/mol. The van der Waals surface area contributed by atoms with Gasteiger partial charge in [-0.3, -0.25) is 14.6 Å². The number of amides is 2. The van der Waals surface area contributed by atoms with Crippen LogP contribution in [0.1, 0.15) is 48.8 Å². The maximum absolute atomic E-state index is 15.2. The van der Waals surface area contributed by atoms with Gasteiger partial charge in [-0.1, -0.05) is 12.1 Å². The van der Waals surface area contributed by atoms with E-state index in [1.54, 1.807) is 0 Å². The number of hydrogen-bond acceptors (Lipinski definition) is 6. The SMILES string of the molecule is CC(=O)NC(C(=O)Nc1cncc(F)c1CC[C@H]1CNCCN1S(=O)(=O)C1CC1)C(c1ccc(F)cc1)c1cc(F)cc(F)c1. The molecule has 1 aromatic heterocycles. The first kappa shape index (κ1) is 32.5. The molecule has 0 bridgehead atoms. The molecule has 240 valence electrons. The van der Waals surface area contributed by atoms with Crippen molar-refractivity contribution in [3.63, 3.8) is 0 Å². The minimum atomic E-state index is -3.48. The van der Waals surface area contributed by atoms with Crippen LogP contribution in [0.4, 0.5) is 23.2 Å². The van der Waals surface area contributed by atoms with Gasteiger partial charge in [0, 0.05) is 50.1 Å². The van der Waals surface area contributed by atoms with Gasteiger partial charge in [0.25, 0.3) is 0 Å². The Bertz CT molecular complexity index is 1650. The molecule has 45 heavy (non-hydrogen) atoms. The molecule has 1 saturated carbocycles. The second-order valence-corrected chi connectivity index (χ2v) is 13.5. The molecule has 5 rings (SSSR count). The topological polar surface area (TPSA) is 120 Å². The second-order valence-electron chi connectivity index (χ2n) is 11.3. The van der Waals surface area contributed by atoms with E-state index in [0.29, 0.717) is 38.5 Å². The van der Waals surface area contributed by atoms with E-state index < -0.39 is 68.4 Å². The average Bonchev–Trinajstić information content (AvgIpc) is 3.84. The molecule has 2 aliphatic rings. The highest BCUT2D eigenvalue weighted by Crippen LogP contribution is 2.34. The Morgan fingerprint density at radius 1 is 1.00 bits per heavy atom. The summed E-state index contributed by atoms with van der Waals surface area (Å²) in [7, 11) is -3.48. The number of nitrogens with one attached hydrogen (secondary N) is 3. The van der Waals surface area contributed by atoms with Gasteiger partial charge in [0.1, 0.15) is 29.3 Å². The zero-order valence-corrected chi connectivity index (χ0v) is 25.2. The highest BCUT2D eigenvalue weighted by atomic mass is 32.2. The number of nitrogens with zero attached hydrogens (tertiary/aromatic N) is 2. The predicted octanol–water partition coefficient (Wildman–Crippen LogP) is 3.61. The lowest BCUT2D eigenvalue weighted by Crippen LogP contribution is -2.54. The van der Waals surface area contributed by atoms with Crippen LogP contribution in [-0.4, -0.2) is 66.5 Å². The Balaban J connectivity index is 1.44. The first-order valence-electron chi connectivity index (χ1n) is 14.6. The van der Waals surface area contributed by atoms with Gasteiger partial charge in [-0.2, -0.15) is 4.31 Å². The van der Waals surface area contributed by atoms with E-state index in [2.05, 4.69) is 20.9 Å². The van der Waals surface area contributed by atoms with Crippen molar-refractivity contribution < 1.29 is 35.6 Å². The summed E-state index contributed by atoms with van der Waals surface area (Å²) in [5.41, 5.74) is 0.324. The smallest absolute Gasteiger partial charge is 0.247 e. The van der Waals surface area contributed by atoms with E-state index in [9.17, 15) is 31.2 Å². The Morgan fingerprint density at radius 2 is 1.69 bits per heavy atom. The number of benzene rings is 2. The minimum absolute atomic E-state index is 0.00707. The number of piperazine rings is 1. The fourth-order valence-corrected chi connectivity index (χ4v) is 7.80. The molecule has 2 unspecified atom stereocenters. The van der Waals surface area contributed by atoms with Gasteiger partial charge in [0.05, 0.1) is 23.3 Å². The number of anilines is 1. The number of pyridine rings is 1. The van der Waals surface area contributed by atoms with Crippen LogP contribution in [-0.2, 0) is 26.0 Å². The van der Waals surface area contributed by atoms with Gasteiger partial charge in [-0.15, -0.1) is 0 Å². The molecule has 3 atom stereocenters. The summed E-state index contributed by atoms with van der Waals surface area (Å²) in [6.45, 7) is 2.34. The summed E-state index contributed by atoms with van der Waals surface area (Å²) in [4.78, 5) is 30.0. The molecule has 2 aromatic carbocycles. The van der Waals surface area contributed by atoms with Crippen LogP contribution in [0.5, 0.6) is 0 Å². The van der Waals surface area contributed by atoms with Crippen molar-refractivity contribution in [1.82, 2.24) is 19.9 Å². The predicted molar refractivity (Wildman–Crippen MR) is 159 cm³/mol. The third-order valence-electron chi connectivity index (χ3n) is 8.01. The van der Waals surface area contributed by atoms with Crippen molar-refractivity contribution >= 4 is 27.5 Å². The molecule has 3 aromatic rings. The number of sulfonamides is 1. The molecule has 14 heteroatoms. The lowest BCUT2D eigenvalue weighted by Gasteiger charge is -2.35. The Hall–Kier alpha value is -3.88. The van der Waals surface area contributed by atoms with Crippen LogP contribution in [0.3, 0.4) is 0 Å². The summed E-state index contributed by atoms with van der Waals surface area (Å²) < 4.78 is 85.2. The summed E-state index contributed by atoms with van der Waals surface area (Å²) in [5.74, 6) is -5.84. The van der Waals surface area contributed by atoms with Gasteiger partial charge < -0.3 is 16.0 Å². The molecule has 0 spiro atoms. The number of rotatable bonds is 11. The minimum Gasteiger partial charge on any atom is -0.344 e. The first-order chi connectivity index (χ1) is 21.4. The first-order valence-corrected chi connectivity index (χ1v) is 16.1. The van der Waals surface area contributed by atoms with Gasteiger partial charge in [-0.05, 0) is 61.1 Å². The summed E-state index contributed by atoms with van der Waals surface area (Å²) in [6, 6.07) is 5.65.